The lowest BCUT2D eigenvalue weighted by molar-refractivity contribution is -0.385. The summed E-state index contributed by atoms with van der Waals surface area (Å²) in [6.07, 6.45) is 0. The molecular formula is C13H16ClN3O3. The van der Waals surface area contributed by atoms with Crippen LogP contribution in [0.2, 0.25) is 5.02 Å². The molecule has 6 nitrogen and oxygen atoms in total. The highest BCUT2D eigenvalue weighted by molar-refractivity contribution is 6.33. The zero-order valence-corrected chi connectivity index (χ0v) is 12.2. The first kappa shape index (κ1) is 14.7. The Hall–Kier alpha value is -1.66. The maximum atomic E-state index is 11.6. The fourth-order valence-electron chi connectivity index (χ4n) is 2.27. The third kappa shape index (κ3) is 2.91. The number of halogens is 1. The Labute approximate surface area is 122 Å². The fraction of sp³-hybridized carbons (Fsp3) is 0.462. The molecular weight excluding hydrogens is 282 g/mol. The van der Waals surface area contributed by atoms with E-state index in [9.17, 15) is 14.9 Å². The van der Waals surface area contributed by atoms with Gasteiger partial charge in [0.1, 0.15) is 0 Å². The van der Waals surface area contributed by atoms with Crippen molar-refractivity contribution in [2.24, 2.45) is 0 Å². The number of nitro benzene ring substituents is 1. The fourth-order valence-corrected chi connectivity index (χ4v) is 2.55. The molecule has 20 heavy (non-hydrogen) atoms. The lowest BCUT2D eigenvalue weighted by Crippen LogP contribution is -2.44. The Kier molecular flexibility index (Phi) is 4.25. The van der Waals surface area contributed by atoms with E-state index >= 15 is 0 Å². The van der Waals surface area contributed by atoms with E-state index in [0.717, 1.165) is 26.2 Å². The molecule has 0 aromatic heterocycles. The van der Waals surface area contributed by atoms with Gasteiger partial charge in [-0.25, -0.2) is 0 Å². The van der Waals surface area contributed by atoms with Crippen LogP contribution in [-0.4, -0.2) is 48.8 Å². The van der Waals surface area contributed by atoms with Gasteiger partial charge in [0.15, 0.2) is 5.78 Å². The molecule has 1 aromatic carbocycles. The van der Waals surface area contributed by atoms with E-state index in [1.54, 1.807) is 0 Å². The Morgan fingerprint density at radius 1 is 1.30 bits per heavy atom. The molecule has 1 saturated heterocycles. The third-order valence-electron chi connectivity index (χ3n) is 3.49. The number of nitrogens with zero attached hydrogens (tertiary/aromatic N) is 3. The van der Waals surface area contributed by atoms with Gasteiger partial charge < -0.3 is 9.80 Å². The zero-order chi connectivity index (χ0) is 14.9. The Morgan fingerprint density at radius 2 is 1.90 bits per heavy atom. The van der Waals surface area contributed by atoms with Gasteiger partial charge in [0.05, 0.1) is 21.2 Å². The number of Topliss-reactive ketones (excluding diaryl/α,β-unsaturated/α-hetero) is 1. The van der Waals surface area contributed by atoms with Crippen LogP contribution >= 0.6 is 11.6 Å². The molecule has 1 aliphatic rings. The molecule has 0 radical (unpaired) electrons. The van der Waals surface area contributed by atoms with Gasteiger partial charge in [-0.3, -0.25) is 14.9 Å². The van der Waals surface area contributed by atoms with E-state index in [1.165, 1.54) is 19.1 Å². The number of rotatable bonds is 3. The summed E-state index contributed by atoms with van der Waals surface area (Å²) in [4.78, 5) is 26.3. The summed E-state index contributed by atoms with van der Waals surface area (Å²) in [5, 5.41) is 11.3. The molecule has 0 spiro atoms. The van der Waals surface area contributed by atoms with Crippen LogP contribution in [-0.2, 0) is 0 Å². The van der Waals surface area contributed by atoms with E-state index < -0.39 is 4.92 Å². The molecule has 1 fully saturated rings. The second kappa shape index (κ2) is 5.76. The summed E-state index contributed by atoms with van der Waals surface area (Å²) < 4.78 is 0. The quantitative estimate of drug-likeness (QED) is 0.486. The van der Waals surface area contributed by atoms with Crippen LogP contribution < -0.4 is 4.90 Å². The van der Waals surface area contributed by atoms with Crippen molar-refractivity contribution in [1.29, 1.82) is 0 Å². The van der Waals surface area contributed by atoms with E-state index in [4.69, 9.17) is 11.6 Å². The largest absolute Gasteiger partial charge is 0.368 e. The average Bonchev–Trinajstić information content (AvgIpc) is 2.39. The number of piperazine rings is 1. The summed E-state index contributed by atoms with van der Waals surface area (Å²) >= 11 is 6.15. The molecule has 2 rings (SSSR count). The van der Waals surface area contributed by atoms with Crippen molar-refractivity contribution < 1.29 is 9.72 Å². The minimum absolute atomic E-state index is 0.105. The number of ketones is 1. The highest BCUT2D eigenvalue weighted by atomic mass is 35.5. The molecule has 1 aliphatic heterocycles. The number of likely N-dealkylation sites (N-methyl/N-ethyl adjacent to an activating group) is 1. The first-order valence-corrected chi connectivity index (χ1v) is 6.70. The highest BCUT2D eigenvalue weighted by Gasteiger charge is 2.24. The minimum atomic E-state index is -0.573. The highest BCUT2D eigenvalue weighted by Crippen LogP contribution is 2.34. The topological polar surface area (TPSA) is 66.7 Å². The second-order valence-corrected chi connectivity index (χ2v) is 5.33. The molecule has 108 valence electrons. The first-order chi connectivity index (χ1) is 9.40. The molecule has 0 saturated carbocycles. The second-order valence-electron chi connectivity index (χ2n) is 4.92. The lowest BCUT2D eigenvalue weighted by Gasteiger charge is -2.34. The summed E-state index contributed by atoms with van der Waals surface area (Å²) in [5.74, 6) is -0.330. The Bertz CT molecular complexity index is 554. The lowest BCUT2D eigenvalue weighted by atomic mass is 10.1. The molecule has 7 heteroatoms. The smallest absolute Gasteiger partial charge is 0.281 e. The predicted molar refractivity (Wildman–Crippen MR) is 77.8 cm³/mol. The van der Waals surface area contributed by atoms with Crippen LogP contribution in [0.1, 0.15) is 17.3 Å². The van der Waals surface area contributed by atoms with Crippen LogP contribution in [0.3, 0.4) is 0 Å². The molecule has 1 heterocycles. The van der Waals surface area contributed by atoms with Gasteiger partial charge in [0.2, 0.25) is 0 Å². The maximum absolute atomic E-state index is 11.6. The molecule has 0 atom stereocenters. The summed E-state index contributed by atoms with van der Waals surface area (Å²) in [7, 11) is 2.04. The standard InChI is InChI=1S/C13H16ClN3O3/c1-9(18)10-7-13(11(14)8-12(10)17(19)20)16-5-3-15(2)4-6-16/h7-8H,3-6H2,1-2H3. The van der Waals surface area contributed by atoms with Crippen molar-refractivity contribution in [3.8, 4) is 0 Å². The molecule has 0 amide bonds. The van der Waals surface area contributed by atoms with Crippen molar-refractivity contribution in [1.82, 2.24) is 4.90 Å². The van der Waals surface area contributed by atoms with Crippen molar-refractivity contribution in [2.45, 2.75) is 6.92 Å². The maximum Gasteiger partial charge on any atom is 0.281 e. The van der Waals surface area contributed by atoms with Crippen LogP contribution in [0, 0.1) is 10.1 Å². The SMILES string of the molecule is CC(=O)c1cc(N2CCN(C)CC2)c(Cl)cc1[N+](=O)[O-]. The van der Waals surface area contributed by atoms with E-state index in [1.807, 2.05) is 7.05 Å². The van der Waals surface area contributed by atoms with Crippen molar-refractivity contribution in [2.75, 3.05) is 38.1 Å². The van der Waals surface area contributed by atoms with Gasteiger partial charge in [-0.1, -0.05) is 11.6 Å². The average molecular weight is 298 g/mol. The summed E-state index contributed by atoms with van der Waals surface area (Å²) in [6, 6.07) is 2.81. The van der Waals surface area contributed by atoms with E-state index in [0.29, 0.717) is 10.7 Å². The monoisotopic (exact) mass is 297 g/mol. The molecule has 1 aromatic rings. The summed E-state index contributed by atoms with van der Waals surface area (Å²) in [5.41, 5.74) is 0.560. The van der Waals surface area contributed by atoms with Crippen molar-refractivity contribution in [3.63, 3.8) is 0 Å². The molecule has 0 aliphatic carbocycles. The van der Waals surface area contributed by atoms with Gasteiger partial charge >= 0.3 is 0 Å². The number of hydrogen-bond acceptors (Lipinski definition) is 5. The van der Waals surface area contributed by atoms with E-state index in [2.05, 4.69) is 9.80 Å². The van der Waals surface area contributed by atoms with Gasteiger partial charge in [0.25, 0.3) is 5.69 Å². The van der Waals surface area contributed by atoms with Gasteiger partial charge in [-0.05, 0) is 20.0 Å². The van der Waals surface area contributed by atoms with Crippen LogP contribution in [0.25, 0.3) is 0 Å². The number of benzene rings is 1. The normalized spacial score (nSPS) is 16.2. The third-order valence-corrected chi connectivity index (χ3v) is 3.79. The van der Waals surface area contributed by atoms with Gasteiger partial charge in [0, 0.05) is 32.2 Å². The van der Waals surface area contributed by atoms with Crippen LogP contribution in [0.5, 0.6) is 0 Å². The molecule has 0 unspecified atom stereocenters. The van der Waals surface area contributed by atoms with Crippen LogP contribution in [0.4, 0.5) is 11.4 Å². The van der Waals surface area contributed by atoms with Crippen molar-refractivity contribution >= 4 is 28.8 Å². The number of carbonyl (C=O) groups excluding carboxylic acids is 1. The minimum Gasteiger partial charge on any atom is -0.368 e. The predicted octanol–water partition coefficient (Wildman–Crippen LogP) is 2.20. The molecule has 0 bridgehead atoms. The van der Waals surface area contributed by atoms with Gasteiger partial charge in [-0.15, -0.1) is 0 Å². The number of carbonyl (C=O) groups is 1. The van der Waals surface area contributed by atoms with Crippen molar-refractivity contribution in [3.05, 3.63) is 32.8 Å². The van der Waals surface area contributed by atoms with Gasteiger partial charge in [-0.2, -0.15) is 0 Å². The number of nitro groups is 1. The Balaban J connectivity index is 2.41. The summed E-state index contributed by atoms with van der Waals surface area (Å²) in [6.45, 7) is 4.67. The number of hydrogen-bond donors (Lipinski definition) is 0. The molecule has 0 N–H and O–H groups in total. The Morgan fingerprint density at radius 3 is 2.40 bits per heavy atom. The number of anilines is 1. The van der Waals surface area contributed by atoms with Crippen LogP contribution in [0.15, 0.2) is 12.1 Å². The first-order valence-electron chi connectivity index (χ1n) is 6.32. The van der Waals surface area contributed by atoms with E-state index in [-0.39, 0.29) is 17.0 Å². The zero-order valence-electron chi connectivity index (χ0n) is 11.4.